The van der Waals surface area contributed by atoms with Gasteiger partial charge in [0.05, 0.1) is 74.5 Å². The minimum atomic E-state index is -5.23. The number of para-hydroxylation sites is 2. The molecule has 0 saturated carbocycles. The molecule has 8 rings (SSSR count). The summed E-state index contributed by atoms with van der Waals surface area (Å²) in [6.07, 6.45) is 0.565. The Hall–Kier alpha value is -6.92. The van der Waals surface area contributed by atoms with Gasteiger partial charge in [0.1, 0.15) is 39.3 Å². The normalized spacial score (nSPS) is 12.5. The third-order valence-corrected chi connectivity index (χ3v) is 13.8. The molecule has 0 aliphatic heterocycles. The molecule has 392 valence electrons. The molecule has 0 spiro atoms. The van der Waals surface area contributed by atoms with Gasteiger partial charge in [-0.1, -0.05) is 33.5 Å². The minimum absolute atomic E-state index is 0.00784. The zero-order valence-corrected chi connectivity index (χ0v) is 43.0. The second-order valence-corrected chi connectivity index (χ2v) is 22.0. The number of aromatic nitrogens is 3. The van der Waals surface area contributed by atoms with E-state index in [9.17, 15) is 49.8 Å². The number of azo groups is 3. The van der Waals surface area contributed by atoms with Crippen LogP contribution in [0.1, 0.15) is 23.1 Å². The molecule has 0 radical (unpaired) electrons. The number of pyridine rings is 1. The Balaban J connectivity index is 0.00000157. The van der Waals surface area contributed by atoms with Crippen LogP contribution in [0.25, 0.3) is 37.7 Å². The third-order valence-electron chi connectivity index (χ3n) is 9.98. The van der Waals surface area contributed by atoms with Crippen molar-refractivity contribution in [3.63, 3.8) is 0 Å². The van der Waals surface area contributed by atoms with Crippen LogP contribution in [0.15, 0.2) is 118 Å². The maximum atomic E-state index is 13.1. The number of imidazole rings is 1. The number of hydrogen-bond acceptors (Lipinski definition) is 27. The Bertz CT molecular complexity index is 4010. The van der Waals surface area contributed by atoms with E-state index in [0.717, 1.165) is 24.2 Å². The second kappa shape index (κ2) is 23.3. The largest absolute Gasteiger partial charge is 0.505 e. The first-order valence-corrected chi connectivity index (χ1v) is 27.6. The molecular formula is C41H34N10O18S6. The Labute approximate surface area is 434 Å². The first-order chi connectivity index (χ1) is 35.5. The number of aromatic hydroxyl groups is 2. The summed E-state index contributed by atoms with van der Waals surface area (Å²) in [6, 6.07) is 20.2. The van der Waals surface area contributed by atoms with Crippen LogP contribution in [-0.2, 0) is 49.1 Å². The molecule has 28 nitrogen and oxygen atoms in total. The highest BCUT2D eigenvalue weighted by atomic mass is 32.2. The van der Waals surface area contributed by atoms with Crippen LogP contribution in [0, 0.1) is 25.2 Å². The van der Waals surface area contributed by atoms with E-state index in [0.29, 0.717) is 38.0 Å². The first kappa shape index (κ1) is 55.8. The van der Waals surface area contributed by atoms with Crippen LogP contribution in [0.3, 0.4) is 0 Å². The molecule has 0 aliphatic carbocycles. The molecular weight excluding hydrogens is 1110 g/mol. The fourth-order valence-corrected chi connectivity index (χ4v) is 9.99. The van der Waals surface area contributed by atoms with E-state index in [-0.39, 0.29) is 91.1 Å². The van der Waals surface area contributed by atoms with Crippen molar-refractivity contribution in [3.05, 3.63) is 89.5 Å². The van der Waals surface area contributed by atoms with Crippen LogP contribution >= 0.6 is 35.4 Å². The van der Waals surface area contributed by atoms with Gasteiger partial charge in [0.25, 0.3) is 30.4 Å². The molecule has 7 N–H and O–H groups in total. The summed E-state index contributed by atoms with van der Waals surface area (Å²) in [6.45, 7) is 2.88. The van der Waals surface area contributed by atoms with Crippen LogP contribution < -0.4 is 4.74 Å². The number of phenolic OH excluding ortho intramolecular Hbond substituents is 1. The van der Waals surface area contributed by atoms with Crippen molar-refractivity contribution in [3.8, 4) is 23.4 Å². The van der Waals surface area contributed by atoms with Crippen LogP contribution in [0.5, 0.6) is 17.4 Å². The first-order valence-electron chi connectivity index (χ1n) is 20.4. The number of hydrogen-bond donors (Lipinski definition) is 7. The number of nitriles is 1. The van der Waals surface area contributed by atoms with Gasteiger partial charge in [-0.25, -0.2) is 20.5 Å². The maximum Gasteiger partial charge on any atom is 0.297 e. The molecule has 0 saturated heterocycles. The summed E-state index contributed by atoms with van der Waals surface area (Å²) in [4.78, 5) is 8.38. The molecule has 3 heterocycles. The number of thiazole rings is 1. The second-order valence-electron chi connectivity index (χ2n) is 15.1. The van der Waals surface area contributed by atoms with E-state index in [2.05, 4.69) is 65.5 Å². The number of phenols is 1. The minimum Gasteiger partial charge on any atom is -0.505 e. The molecule has 0 aliphatic rings. The van der Waals surface area contributed by atoms with Crippen molar-refractivity contribution in [1.29, 1.82) is 5.26 Å². The predicted octanol–water partition coefficient (Wildman–Crippen LogP) is 10.7. The summed E-state index contributed by atoms with van der Waals surface area (Å²) in [5, 5.41) is 83.0. The van der Waals surface area contributed by atoms with E-state index < -0.39 is 58.3 Å². The predicted molar refractivity (Wildman–Crippen MR) is 268 cm³/mol. The van der Waals surface area contributed by atoms with Crippen LogP contribution in [0.2, 0.25) is 0 Å². The van der Waals surface area contributed by atoms with Crippen LogP contribution in [-0.4, -0.2) is 92.6 Å². The van der Waals surface area contributed by atoms with Crippen molar-refractivity contribution in [2.45, 2.75) is 35.0 Å². The number of aryl methyl sites for hydroxylation is 1. The summed E-state index contributed by atoms with van der Waals surface area (Å²) < 4.78 is 112. The van der Waals surface area contributed by atoms with Gasteiger partial charge in [-0.3, -0.25) is 18.1 Å². The highest BCUT2D eigenvalue weighted by molar-refractivity contribution is 7.95. The van der Waals surface area contributed by atoms with E-state index in [1.165, 1.54) is 40.9 Å². The highest BCUT2D eigenvalue weighted by Crippen LogP contribution is 2.49. The molecule has 0 amide bonds. The standard InChI is InChI=1S/C40H30N10O15S5.CH4O3S/c1-19-14-29(31(61-12-5-13-69(55,56)57)17-28(19)45-49-40-43-26-10-8-21(67-64-62-53)15-32(26)66-40)46-48-35-33(68-65-63-54)16-23-22(36(35)51)9-11-27(37(23)70(58,59)60)44-47-34-20(2)24(18-41)38-42-25-6-3-4-7-30(25)50(38)39(34)52;1-5(2,3)4/h3-4,6-11,14-17,51-54H,5,12-13H2,1-2H3,(H,55,56,57)(H,58,59,60);1H3,(H,2,3,4). The lowest BCUT2D eigenvalue weighted by Crippen LogP contribution is -2.08. The van der Waals surface area contributed by atoms with Crippen LogP contribution in [0.4, 0.5) is 33.6 Å². The van der Waals surface area contributed by atoms with Gasteiger partial charge in [0.2, 0.25) is 11.0 Å². The lowest BCUT2D eigenvalue weighted by Gasteiger charge is -2.13. The van der Waals surface area contributed by atoms with E-state index in [1.807, 2.05) is 0 Å². The summed E-state index contributed by atoms with van der Waals surface area (Å²) in [7, 11) is -13.2. The maximum absolute atomic E-state index is 13.1. The fraction of sp³-hybridized carbons (Fsp3) is 0.146. The zero-order chi connectivity index (χ0) is 54.4. The lowest BCUT2D eigenvalue weighted by molar-refractivity contribution is -0.432. The van der Waals surface area contributed by atoms with Crippen molar-refractivity contribution in [2.75, 3.05) is 18.6 Å². The molecule has 0 unspecified atom stereocenters. The molecule has 8 aromatic rings. The SMILES string of the molecule is CS(=O)(=O)O.Cc1cc(N=Nc2c(SOOO)cc3c(S(=O)(=O)O)c(N=Nc4c(C)c(C#N)c5nc6ccccc6n5c4O)ccc3c2O)c(OCCCS(=O)(=O)O)cc1N=Nc1nc2ccc(SOOO)cc2s1. The van der Waals surface area contributed by atoms with Gasteiger partial charge in [-0.05, 0) is 80.4 Å². The quantitative estimate of drug-likeness (QED) is 0.0105. The van der Waals surface area contributed by atoms with Gasteiger partial charge < -0.3 is 14.9 Å². The highest BCUT2D eigenvalue weighted by Gasteiger charge is 2.26. The number of benzene rings is 5. The molecule has 0 fully saturated rings. The van der Waals surface area contributed by atoms with E-state index in [4.69, 9.17) is 19.8 Å². The number of fused-ring (bicyclic) bond motifs is 5. The van der Waals surface area contributed by atoms with Gasteiger partial charge in [-0.2, -0.15) is 30.5 Å². The van der Waals surface area contributed by atoms with E-state index in [1.54, 1.807) is 49.4 Å². The Morgan fingerprint density at radius 1 is 0.760 bits per heavy atom. The Morgan fingerprint density at radius 3 is 2.13 bits per heavy atom. The van der Waals surface area contributed by atoms with E-state index >= 15 is 0 Å². The summed E-state index contributed by atoms with van der Waals surface area (Å²) in [5.74, 6) is -1.85. The molecule has 75 heavy (non-hydrogen) atoms. The van der Waals surface area contributed by atoms with Crippen molar-refractivity contribution >= 4 is 137 Å². The monoisotopic (exact) mass is 1150 g/mol. The third kappa shape index (κ3) is 13.5. The van der Waals surface area contributed by atoms with Gasteiger partial charge in [-0.15, -0.1) is 39.4 Å². The van der Waals surface area contributed by atoms with Gasteiger partial charge in [0.15, 0.2) is 17.1 Å². The molecule has 0 bridgehead atoms. The number of rotatable bonds is 18. The fourth-order valence-electron chi connectivity index (χ4n) is 6.90. The molecule has 0 atom stereocenters. The van der Waals surface area contributed by atoms with Crippen molar-refractivity contribution < 1.29 is 83.1 Å². The number of nitrogens with zero attached hydrogens (tertiary/aromatic N) is 10. The van der Waals surface area contributed by atoms with Crippen molar-refractivity contribution in [1.82, 2.24) is 14.4 Å². The van der Waals surface area contributed by atoms with Gasteiger partial charge >= 0.3 is 0 Å². The summed E-state index contributed by atoms with van der Waals surface area (Å²) in [5.41, 5.74) is 1.43. The zero-order valence-electron chi connectivity index (χ0n) is 38.1. The smallest absolute Gasteiger partial charge is 0.297 e. The molecule has 3 aromatic heterocycles. The molecule has 5 aromatic carbocycles. The lowest BCUT2D eigenvalue weighted by atomic mass is 10.1. The molecule has 34 heteroatoms. The average molecular weight is 1150 g/mol. The number of ether oxygens (including phenoxy) is 1. The Kier molecular flexibility index (Phi) is 17.4. The topological polar surface area (TPSA) is 418 Å². The average Bonchev–Trinajstić information content (AvgIpc) is 3.94. The van der Waals surface area contributed by atoms with Gasteiger partial charge in [0, 0.05) is 27.3 Å². The van der Waals surface area contributed by atoms with Crippen molar-refractivity contribution in [2.24, 2.45) is 30.7 Å². The summed E-state index contributed by atoms with van der Waals surface area (Å²) >= 11 is 2.20. The Morgan fingerprint density at radius 2 is 1.44 bits per heavy atom.